The van der Waals surface area contributed by atoms with Crippen molar-refractivity contribution in [1.82, 2.24) is 14.8 Å². The largest absolute Gasteiger partial charge is 0.349 e. The van der Waals surface area contributed by atoms with Crippen molar-refractivity contribution in [2.24, 2.45) is 7.05 Å². The first-order chi connectivity index (χ1) is 9.00. The molecule has 2 rings (SSSR count). The Morgan fingerprint density at radius 3 is 2.79 bits per heavy atom. The fraction of sp³-hybridized carbons (Fsp3) is 0.357. The van der Waals surface area contributed by atoms with Crippen LogP contribution < -0.4 is 5.32 Å². The number of aromatic nitrogens is 1. The van der Waals surface area contributed by atoms with Gasteiger partial charge in [0, 0.05) is 25.5 Å². The summed E-state index contributed by atoms with van der Waals surface area (Å²) in [5.74, 6) is -0.486. The molecular formula is C14H18FN3O. The highest BCUT2D eigenvalue weighted by atomic mass is 19.1. The molecule has 4 nitrogen and oxygen atoms in total. The number of hydrogen-bond acceptors (Lipinski definition) is 2. The van der Waals surface area contributed by atoms with Gasteiger partial charge in [-0.05, 0) is 32.3 Å². The second-order valence-corrected chi connectivity index (χ2v) is 4.82. The molecule has 0 bridgehead atoms. The third-order valence-electron chi connectivity index (χ3n) is 3.11. The molecule has 19 heavy (non-hydrogen) atoms. The summed E-state index contributed by atoms with van der Waals surface area (Å²) in [5, 5.41) is 3.30. The molecule has 1 aromatic heterocycles. The minimum Gasteiger partial charge on any atom is -0.349 e. The predicted octanol–water partition coefficient (Wildman–Crippen LogP) is 1.61. The number of amides is 1. The molecule has 2 aromatic rings. The molecule has 0 saturated carbocycles. The van der Waals surface area contributed by atoms with Crippen LogP contribution in [-0.2, 0) is 7.05 Å². The summed E-state index contributed by atoms with van der Waals surface area (Å²) in [5.41, 5.74) is 1.19. The molecule has 0 spiro atoms. The molecule has 0 unspecified atom stereocenters. The van der Waals surface area contributed by atoms with Gasteiger partial charge in [0.1, 0.15) is 11.5 Å². The summed E-state index contributed by atoms with van der Waals surface area (Å²) in [6, 6.07) is 6.44. The van der Waals surface area contributed by atoms with E-state index in [9.17, 15) is 9.18 Å². The van der Waals surface area contributed by atoms with Crippen LogP contribution in [0.25, 0.3) is 10.9 Å². The zero-order valence-electron chi connectivity index (χ0n) is 11.4. The maximum absolute atomic E-state index is 13.6. The van der Waals surface area contributed by atoms with Crippen LogP contribution in [0.4, 0.5) is 4.39 Å². The number of carbonyl (C=O) groups excluding carboxylic acids is 1. The highest BCUT2D eigenvalue weighted by Gasteiger charge is 2.14. The third kappa shape index (κ3) is 2.76. The predicted molar refractivity (Wildman–Crippen MR) is 73.8 cm³/mol. The zero-order chi connectivity index (χ0) is 14.0. The lowest BCUT2D eigenvalue weighted by Gasteiger charge is -2.10. The molecule has 0 aliphatic rings. The topological polar surface area (TPSA) is 37.3 Å². The van der Waals surface area contributed by atoms with E-state index in [2.05, 4.69) is 5.32 Å². The molecule has 1 heterocycles. The lowest BCUT2D eigenvalue weighted by Crippen LogP contribution is -2.32. The van der Waals surface area contributed by atoms with Crippen LogP contribution in [0, 0.1) is 5.82 Å². The number of rotatable bonds is 4. The number of nitrogens with one attached hydrogen (secondary N) is 1. The second-order valence-electron chi connectivity index (χ2n) is 4.82. The number of benzene rings is 1. The number of fused-ring (bicyclic) bond motifs is 1. The van der Waals surface area contributed by atoms with Gasteiger partial charge in [-0.2, -0.15) is 0 Å². The smallest absolute Gasteiger partial charge is 0.267 e. The number of carbonyl (C=O) groups is 1. The fourth-order valence-electron chi connectivity index (χ4n) is 2.03. The van der Waals surface area contributed by atoms with E-state index in [-0.39, 0.29) is 11.7 Å². The molecule has 0 saturated heterocycles. The first-order valence-corrected chi connectivity index (χ1v) is 6.17. The van der Waals surface area contributed by atoms with Gasteiger partial charge in [-0.1, -0.05) is 6.07 Å². The summed E-state index contributed by atoms with van der Waals surface area (Å²) >= 11 is 0. The molecule has 0 aliphatic heterocycles. The van der Waals surface area contributed by atoms with Crippen LogP contribution in [0.2, 0.25) is 0 Å². The number of likely N-dealkylation sites (N-methyl/N-ethyl adjacent to an activating group) is 1. The van der Waals surface area contributed by atoms with Crippen LogP contribution in [-0.4, -0.2) is 42.6 Å². The number of nitrogens with zero attached hydrogens (tertiary/aromatic N) is 2. The summed E-state index contributed by atoms with van der Waals surface area (Å²) in [6.07, 6.45) is 0. The van der Waals surface area contributed by atoms with Crippen molar-refractivity contribution in [3.63, 3.8) is 0 Å². The van der Waals surface area contributed by atoms with Gasteiger partial charge in [0.2, 0.25) is 0 Å². The van der Waals surface area contributed by atoms with Crippen LogP contribution in [0.15, 0.2) is 24.3 Å². The Labute approximate surface area is 111 Å². The molecule has 1 amide bonds. The van der Waals surface area contributed by atoms with Crippen LogP contribution in [0.5, 0.6) is 0 Å². The monoisotopic (exact) mass is 263 g/mol. The summed E-state index contributed by atoms with van der Waals surface area (Å²) in [4.78, 5) is 14.0. The fourth-order valence-corrected chi connectivity index (χ4v) is 2.03. The van der Waals surface area contributed by atoms with E-state index in [1.54, 1.807) is 29.8 Å². The van der Waals surface area contributed by atoms with Gasteiger partial charge >= 0.3 is 0 Å². The van der Waals surface area contributed by atoms with Gasteiger partial charge < -0.3 is 14.8 Å². The first kappa shape index (κ1) is 13.5. The van der Waals surface area contributed by atoms with Gasteiger partial charge in [0.25, 0.3) is 5.91 Å². The van der Waals surface area contributed by atoms with Crippen molar-refractivity contribution in [2.45, 2.75) is 0 Å². The minimum absolute atomic E-state index is 0.181. The number of halogens is 1. The molecule has 0 radical (unpaired) electrons. The molecule has 1 aromatic carbocycles. The second kappa shape index (κ2) is 5.40. The highest BCUT2D eigenvalue weighted by molar-refractivity contribution is 5.98. The Bertz CT molecular complexity index is 604. The Morgan fingerprint density at radius 2 is 2.16 bits per heavy atom. The summed E-state index contributed by atoms with van der Waals surface area (Å²) in [6.45, 7) is 1.33. The van der Waals surface area contributed by atoms with E-state index >= 15 is 0 Å². The lowest BCUT2D eigenvalue weighted by atomic mass is 10.2. The minimum atomic E-state index is -0.305. The van der Waals surface area contributed by atoms with Gasteiger partial charge in [-0.25, -0.2) is 4.39 Å². The van der Waals surface area contributed by atoms with E-state index in [1.807, 2.05) is 19.0 Å². The SMILES string of the molecule is CN(C)CCNC(=O)c1cc2c(F)cccc2n1C. The quantitative estimate of drug-likeness (QED) is 0.910. The lowest BCUT2D eigenvalue weighted by molar-refractivity contribution is 0.0943. The van der Waals surface area contributed by atoms with Crippen LogP contribution in [0.1, 0.15) is 10.5 Å². The normalized spacial score (nSPS) is 11.2. The van der Waals surface area contributed by atoms with Gasteiger partial charge in [-0.3, -0.25) is 4.79 Å². The van der Waals surface area contributed by atoms with Crippen LogP contribution in [0.3, 0.4) is 0 Å². The van der Waals surface area contributed by atoms with E-state index in [0.717, 1.165) is 12.1 Å². The van der Waals surface area contributed by atoms with Crippen molar-refractivity contribution in [1.29, 1.82) is 0 Å². The Morgan fingerprint density at radius 1 is 1.42 bits per heavy atom. The third-order valence-corrected chi connectivity index (χ3v) is 3.11. The maximum atomic E-state index is 13.6. The van der Waals surface area contributed by atoms with Crippen molar-refractivity contribution < 1.29 is 9.18 Å². The van der Waals surface area contributed by atoms with Crippen molar-refractivity contribution in [3.05, 3.63) is 35.8 Å². The highest BCUT2D eigenvalue weighted by Crippen LogP contribution is 2.21. The van der Waals surface area contributed by atoms with E-state index in [4.69, 9.17) is 0 Å². The molecule has 0 atom stereocenters. The zero-order valence-corrected chi connectivity index (χ0v) is 11.4. The summed E-state index contributed by atoms with van der Waals surface area (Å²) < 4.78 is 15.4. The van der Waals surface area contributed by atoms with Gasteiger partial charge in [0.05, 0.1) is 5.52 Å². The average molecular weight is 263 g/mol. The molecule has 0 fully saturated rings. The number of hydrogen-bond donors (Lipinski definition) is 1. The molecule has 5 heteroatoms. The van der Waals surface area contributed by atoms with Crippen LogP contribution >= 0.6 is 0 Å². The average Bonchev–Trinajstić information content (AvgIpc) is 2.68. The van der Waals surface area contributed by atoms with Gasteiger partial charge in [-0.15, -0.1) is 0 Å². The first-order valence-electron chi connectivity index (χ1n) is 6.17. The van der Waals surface area contributed by atoms with Gasteiger partial charge in [0.15, 0.2) is 0 Å². The van der Waals surface area contributed by atoms with Crippen molar-refractivity contribution in [3.8, 4) is 0 Å². The maximum Gasteiger partial charge on any atom is 0.267 e. The summed E-state index contributed by atoms with van der Waals surface area (Å²) in [7, 11) is 5.65. The molecular weight excluding hydrogens is 245 g/mol. The Hall–Kier alpha value is -1.88. The molecule has 1 N–H and O–H groups in total. The standard InChI is InChI=1S/C14H18FN3O/c1-17(2)8-7-16-14(19)13-9-10-11(15)5-4-6-12(10)18(13)3/h4-6,9H,7-8H2,1-3H3,(H,16,19). The number of aryl methyl sites for hydroxylation is 1. The van der Waals surface area contributed by atoms with E-state index < -0.39 is 0 Å². The Kier molecular flexibility index (Phi) is 3.85. The Balaban J connectivity index is 2.23. The van der Waals surface area contributed by atoms with Crippen molar-refractivity contribution >= 4 is 16.8 Å². The molecule has 0 aliphatic carbocycles. The van der Waals surface area contributed by atoms with Crippen molar-refractivity contribution in [2.75, 3.05) is 27.2 Å². The van der Waals surface area contributed by atoms with E-state index in [0.29, 0.717) is 17.6 Å². The molecule has 102 valence electrons. The van der Waals surface area contributed by atoms with E-state index in [1.165, 1.54) is 6.07 Å².